The molecule has 0 aliphatic carbocycles. The monoisotopic (exact) mass is 417 g/mol. The lowest BCUT2D eigenvalue weighted by Crippen LogP contribution is -2.26. The number of hydrogen-bond acceptors (Lipinski definition) is 6. The maximum absolute atomic E-state index is 13.4. The van der Waals surface area contributed by atoms with E-state index in [4.69, 9.17) is 4.74 Å². The molecule has 0 atom stereocenters. The number of anilines is 2. The highest BCUT2D eigenvalue weighted by Gasteiger charge is 2.14. The maximum atomic E-state index is 13.4. The number of amides is 1. The van der Waals surface area contributed by atoms with Gasteiger partial charge in [0, 0.05) is 32.3 Å². The molecule has 2 heterocycles. The third kappa shape index (κ3) is 3.76. The summed E-state index contributed by atoms with van der Waals surface area (Å²) in [6.45, 7) is 0.850. The van der Waals surface area contributed by atoms with Gasteiger partial charge in [-0.1, -0.05) is 11.3 Å². The number of halogens is 2. The number of ether oxygens (including phenoxy) is 1. The second-order valence-electron chi connectivity index (χ2n) is 6.32. The minimum Gasteiger partial charge on any atom is -0.383 e. The number of rotatable bonds is 6. The Morgan fingerprint density at radius 2 is 1.97 bits per heavy atom. The number of fused-ring (bicyclic) bond motifs is 2. The number of carbonyl (C=O) groups excluding carboxylic acids is 1. The fraction of sp³-hybridized carbons (Fsp3) is 0.211. The number of hydrogen-bond donors (Lipinski definition) is 2. The van der Waals surface area contributed by atoms with E-state index in [1.807, 2.05) is 17.7 Å². The SMILES string of the molecule is COCCNC(=O)c1ccc2c(c1)nc(Nc1nc3cc(F)c(F)cc3s1)n2C. The summed E-state index contributed by atoms with van der Waals surface area (Å²) in [5, 5.41) is 6.30. The summed E-state index contributed by atoms with van der Waals surface area (Å²) >= 11 is 1.19. The summed E-state index contributed by atoms with van der Waals surface area (Å²) in [6.07, 6.45) is 0. The van der Waals surface area contributed by atoms with E-state index < -0.39 is 11.6 Å². The molecule has 7 nitrogen and oxygen atoms in total. The first kappa shape index (κ1) is 19.2. The van der Waals surface area contributed by atoms with Crippen molar-refractivity contribution < 1.29 is 18.3 Å². The predicted molar refractivity (Wildman–Crippen MR) is 108 cm³/mol. The summed E-state index contributed by atoms with van der Waals surface area (Å²) in [5.41, 5.74) is 2.31. The standard InChI is InChI=1S/C19H17F2N5O2S/c1-26-15-4-3-10(17(27)22-5-6-28-2)7-13(15)23-18(26)25-19-24-14-8-11(20)12(21)9-16(14)29-19/h3-4,7-9H,5-6H2,1-2H3,(H,22,27)(H,23,24,25). The van der Waals surface area contributed by atoms with E-state index in [0.717, 1.165) is 17.6 Å². The zero-order valence-electron chi connectivity index (χ0n) is 15.6. The molecule has 1 amide bonds. The van der Waals surface area contributed by atoms with Crippen molar-refractivity contribution in [1.29, 1.82) is 0 Å². The van der Waals surface area contributed by atoms with Crippen molar-refractivity contribution in [3.8, 4) is 0 Å². The Hall–Kier alpha value is -3.11. The van der Waals surface area contributed by atoms with E-state index in [1.54, 1.807) is 19.2 Å². The topological polar surface area (TPSA) is 81.1 Å². The van der Waals surface area contributed by atoms with Crippen molar-refractivity contribution >= 4 is 49.6 Å². The first-order valence-corrected chi connectivity index (χ1v) is 9.54. The Kier molecular flexibility index (Phi) is 5.12. The van der Waals surface area contributed by atoms with Gasteiger partial charge in [0.25, 0.3) is 5.91 Å². The van der Waals surface area contributed by atoms with Crippen molar-refractivity contribution in [2.75, 3.05) is 25.6 Å². The molecule has 0 unspecified atom stereocenters. The molecule has 0 bridgehead atoms. The van der Waals surface area contributed by atoms with Crippen LogP contribution < -0.4 is 10.6 Å². The van der Waals surface area contributed by atoms with Gasteiger partial charge in [-0.15, -0.1) is 0 Å². The highest BCUT2D eigenvalue weighted by molar-refractivity contribution is 7.22. The van der Waals surface area contributed by atoms with E-state index in [2.05, 4.69) is 20.6 Å². The lowest BCUT2D eigenvalue weighted by Gasteiger charge is -2.04. The molecule has 4 aromatic rings. The normalized spacial score (nSPS) is 11.3. The van der Waals surface area contributed by atoms with Gasteiger partial charge in [-0.3, -0.25) is 4.79 Å². The van der Waals surface area contributed by atoms with Gasteiger partial charge in [-0.2, -0.15) is 0 Å². The zero-order chi connectivity index (χ0) is 20.5. The first-order valence-electron chi connectivity index (χ1n) is 8.72. The number of nitrogens with one attached hydrogen (secondary N) is 2. The summed E-state index contributed by atoms with van der Waals surface area (Å²) < 4.78 is 34.1. The van der Waals surface area contributed by atoms with Crippen molar-refractivity contribution in [2.45, 2.75) is 0 Å². The molecule has 2 aromatic carbocycles. The van der Waals surface area contributed by atoms with Crippen LogP contribution in [0.3, 0.4) is 0 Å². The van der Waals surface area contributed by atoms with Gasteiger partial charge in [0.1, 0.15) is 0 Å². The fourth-order valence-corrected chi connectivity index (χ4v) is 3.76. The number of nitrogens with zero attached hydrogens (tertiary/aromatic N) is 3. The third-order valence-corrected chi connectivity index (χ3v) is 5.32. The molecule has 4 rings (SSSR count). The Morgan fingerprint density at radius 3 is 2.76 bits per heavy atom. The Labute approximate surface area is 168 Å². The second kappa shape index (κ2) is 7.72. The van der Waals surface area contributed by atoms with Gasteiger partial charge in [0.15, 0.2) is 16.8 Å². The van der Waals surface area contributed by atoms with Gasteiger partial charge < -0.3 is 19.9 Å². The van der Waals surface area contributed by atoms with E-state index in [0.29, 0.717) is 45.5 Å². The number of methoxy groups -OCH3 is 1. The van der Waals surface area contributed by atoms with Gasteiger partial charge in [-0.25, -0.2) is 18.7 Å². The molecule has 29 heavy (non-hydrogen) atoms. The highest BCUT2D eigenvalue weighted by Crippen LogP contribution is 2.30. The van der Waals surface area contributed by atoms with Crippen LogP contribution in [-0.2, 0) is 11.8 Å². The molecule has 0 spiro atoms. The van der Waals surface area contributed by atoms with Crippen LogP contribution in [0.15, 0.2) is 30.3 Å². The number of aryl methyl sites for hydroxylation is 1. The number of thiazole rings is 1. The van der Waals surface area contributed by atoms with Crippen LogP contribution in [0.5, 0.6) is 0 Å². The molecule has 0 fully saturated rings. The van der Waals surface area contributed by atoms with Crippen molar-refractivity contribution in [3.05, 3.63) is 47.5 Å². The highest BCUT2D eigenvalue weighted by atomic mass is 32.1. The van der Waals surface area contributed by atoms with Crippen LogP contribution in [0.2, 0.25) is 0 Å². The van der Waals surface area contributed by atoms with Gasteiger partial charge in [0.2, 0.25) is 5.95 Å². The van der Waals surface area contributed by atoms with E-state index in [-0.39, 0.29) is 5.91 Å². The van der Waals surface area contributed by atoms with Crippen LogP contribution in [0.1, 0.15) is 10.4 Å². The summed E-state index contributed by atoms with van der Waals surface area (Å²) in [5.74, 6) is -1.56. The van der Waals surface area contributed by atoms with Crippen LogP contribution in [0.25, 0.3) is 21.3 Å². The Balaban J connectivity index is 1.61. The largest absolute Gasteiger partial charge is 0.383 e. The van der Waals surface area contributed by atoms with Crippen molar-refractivity contribution in [2.24, 2.45) is 7.05 Å². The molecule has 2 aromatic heterocycles. The molecule has 0 aliphatic heterocycles. The average Bonchev–Trinajstić information content (AvgIpc) is 3.22. The maximum Gasteiger partial charge on any atom is 0.251 e. The molecule has 2 N–H and O–H groups in total. The minimum absolute atomic E-state index is 0.209. The lowest BCUT2D eigenvalue weighted by molar-refractivity contribution is 0.0937. The van der Waals surface area contributed by atoms with Crippen molar-refractivity contribution in [1.82, 2.24) is 19.9 Å². The minimum atomic E-state index is -0.937. The van der Waals surface area contributed by atoms with Crippen LogP contribution >= 0.6 is 11.3 Å². The molecule has 0 aliphatic rings. The predicted octanol–water partition coefficient (Wildman–Crippen LogP) is 3.58. The first-order chi connectivity index (χ1) is 14.0. The molecule has 10 heteroatoms. The van der Waals surface area contributed by atoms with E-state index >= 15 is 0 Å². The molecule has 0 saturated heterocycles. The van der Waals surface area contributed by atoms with Gasteiger partial charge >= 0.3 is 0 Å². The smallest absolute Gasteiger partial charge is 0.251 e. The number of benzene rings is 2. The molecule has 0 radical (unpaired) electrons. The van der Waals surface area contributed by atoms with Gasteiger partial charge in [0.05, 0.1) is 27.9 Å². The molecule has 0 saturated carbocycles. The summed E-state index contributed by atoms with van der Waals surface area (Å²) in [7, 11) is 3.39. The lowest BCUT2D eigenvalue weighted by atomic mass is 10.2. The number of aromatic nitrogens is 3. The van der Waals surface area contributed by atoms with Crippen LogP contribution in [0.4, 0.5) is 19.9 Å². The molecular formula is C19H17F2N5O2S. The Bertz CT molecular complexity index is 1180. The quantitative estimate of drug-likeness (QED) is 0.469. The van der Waals surface area contributed by atoms with Crippen molar-refractivity contribution in [3.63, 3.8) is 0 Å². The molecular weight excluding hydrogens is 400 g/mol. The van der Waals surface area contributed by atoms with Crippen LogP contribution in [0, 0.1) is 11.6 Å². The third-order valence-electron chi connectivity index (χ3n) is 4.38. The Morgan fingerprint density at radius 1 is 1.17 bits per heavy atom. The average molecular weight is 417 g/mol. The fourth-order valence-electron chi connectivity index (χ4n) is 2.89. The summed E-state index contributed by atoms with van der Waals surface area (Å²) in [6, 6.07) is 7.42. The van der Waals surface area contributed by atoms with Crippen LogP contribution in [-0.4, -0.2) is 40.7 Å². The number of imidazole rings is 1. The van der Waals surface area contributed by atoms with E-state index in [1.165, 1.54) is 11.3 Å². The van der Waals surface area contributed by atoms with Gasteiger partial charge in [-0.05, 0) is 24.3 Å². The summed E-state index contributed by atoms with van der Waals surface area (Å²) in [4.78, 5) is 21.0. The second-order valence-corrected chi connectivity index (χ2v) is 7.36. The van der Waals surface area contributed by atoms with E-state index in [9.17, 15) is 13.6 Å². The molecule has 150 valence electrons. The number of carbonyl (C=O) groups is 1. The zero-order valence-corrected chi connectivity index (χ0v) is 16.4.